The fraction of sp³-hybridized carbons (Fsp3) is 0.391. The lowest BCUT2D eigenvalue weighted by atomic mass is 9.60. The Morgan fingerprint density at radius 3 is 2.61 bits per heavy atom. The van der Waals surface area contributed by atoms with Crippen LogP contribution in [0, 0.1) is 11.8 Å². The van der Waals surface area contributed by atoms with Crippen molar-refractivity contribution < 1.29 is 44.0 Å². The van der Waals surface area contributed by atoms with Gasteiger partial charge in [-0.25, -0.2) is 4.79 Å². The first-order valence-corrected chi connectivity index (χ1v) is 10.5. The van der Waals surface area contributed by atoms with Crippen LogP contribution in [0.5, 0.6) is 5.75 Å². The normalized spacial score (nSPS) is 26.4. The Morgan fingerprint density at radius 1 is 1.21 bits per heavy atom. The van der Waals surface area contributed by atoms with Crippen molar-refractivity contribution >= 4 is 23.4 Å². The Hall–Kier alpha value is -3.66. The molecule has 0 spiro atoms. The summed E-state index contributed by atoms with van der Waals surface area (Å²) >= 11 is 0. The smallest absolute Gasteiger partial charge is 0.344 e. The number of carbonyl (C=O) groups is 4. The Bertz CT molecular complexity index is 1150. The number of Topliss-reactive ketones (excluding diaryl/α,β-unsaturated/α-hetero) is 2. The molecule has 0 bridgehead atoms. The third-order valence-electron chi connectivity index (χ3n) is 6.45. The van der Waals surface area contributed by atoms with Crippen molar-refractivity contribution in [3.05, 3.63) is 52.0 Å². The second kappa shape index (κ2) is 8.04. The van der Waals surface area contributed by atoms with E-state index in [1.165, 1.54) is 6.07 Å². The van der Waals surface area contributed by atoms with Crippen LogP contribution < -0.4 is 5.73 Å². The van der Waals surface area contributed by atoms with Crippen LogP contribution in [0.25, 0.3) is 0 Å². The van der Waals surface area contributed by atoms with Crippen LogP contribution in [-0.4, -0.2) is 57.6 Å². The zero-order valence-electron chi connectivity index (χ0n) is 17.8. The zero-order chi connectivity index (χ0) is 24.1. The fourth-order valence-corrected chi connectivity index (χ4v) is 5.02. The van der Waals surface area contributed by atoms with Gasteiger partial charge in [-0.2, -0.15) is 0 Å². The molecule has 0 aromatic heterocycles. The highest BCUT2D eigenvalue weighted by Crippen LogP contribution is 2.51. The van der Waals surface area contributed by atoms with Crippen molar-refractivity contribution in [2.45, 2.75) is 31.8 Å². The van der Waals surface area contributed by atoms with E-state index in [1.54, 1.807) is 19.1 Å². The summed E-state index contributed by atoms with van der Waals surface area (Å²) in [5, 5.41) is 32.5. The number of hydrogen-bond acceptors (Lipinski definition) is 9. The van der Waals surface area contributed by atoms with E-state index in [1.807, 2.05) is 0 Å². The number of fused-ring (bicyclic) bond motifs is 3. The molecule has 10 nitrogen and oxygen atoms in total. The van der Waals surface area contributed by atoms with Gasteiger partial charge in [-0.1, -0.05) is 12.1 Å². The molecule has 0 aliphatic heterocycles. The van der Waals surface area contributed by atoms with Crippen LogP contribution in [-0.2, 0) is 30.3 Å². The summed E-state index contributed by atoms with van der Waals surface area (Å²) in [7, 11) is 0. The Kier molecular flexibility index (Phi) is 5.49. The molecule has 5 N–H and O–H groups in total. The molecular formula is C23H23NO9. The highest BCUT2D eigenvalue weighted by Gasteiger charge is 2.59. The highest BCUT2D eigenvalue weighted by molar-refractivity contribution is 6.24. The summed E-state index contributed by atoms with van der Waals surface area (Å²) in [6.07, 6.45) is 0.233. The number of ketones is 2. The quantitative estimate of drug-likeness (QED) is 0.365. The fourth-order valence-electron chi connectivity index (χ4n) is 5.02. The number of allylic oxidation sites excluding steroid dienone is 2. The number of nitrogens with two attached hydrogens (primary N) is 1. The molecule has 0 radical (unpaired) electrons. The minimum absolute atomic E-state index is 0.00438. The van der Waals surface area contributed by atoms with Crippen LogP contribution in [0.3, 0.4) is 0 Å². The van der Waals surface area contributed by atoms with Gasteiger partial charge in [0.25, 0.3) is 5.91 Å². The second-order valence-corrected chi connectivity index (χ2v) is 8.29. The third-order valence-corrected chi connectivity index (χ3v) is 6.45. The Morgan fingerprint density at radius 2 is 1.94 bits per heavy atom. The first-order chi connectivity index (χ1) is 15.6. The highest BCUT2D eigenvalue weighted by atomic mass is 16.6. The number of aliphatic hydroxyl groups excluding tert-OH is 1. The number of aromatic hydroxyl groups is 1. The molecule has 0 saturated heterocycles. The van der Waals surface area contributed by atoms with Crippen molar-refractivity contribution in [3.63, 3.8) is 0 Å². The van der Waals surface area contributed by atoms with Crippen molar-refractivity contribution in [3.8, 4) is 5.75 Å². The van der Waals surface area contributed by atoms with E-state index in [-0.39, 0.29) is 42.1 Å². The molecule has 2 unspecified atom stereocenters. The summed E-state index contributed by atoms with van der Waals surface area (Å²) in [5.41, 5.74) is 2.53. The SMILES string of the molecule is CCOC(=O)COC1=C(C(N)=O)C(=O)[C@@]2(O)C(O)=C3C(=O)c4c(O)cccc4CC3CC2C1. The molecule has 4 rings (SSSR count). The number of ether oxygens (including phenoxy) is 2. The number of aliphatic hydroxyl groups is 2. The second-order valence-electron chi connectivity index (χ2n) is 8.29. The number of primary amides is 1. The van der Waals surface area contributed by atoms with E-state index in [0.29, 0.717) is 12.0 Å². The van der Waals surface area contributed by atoms with Gasteiger partial charge in [0.1, 0.15) is 22.8 Å². The topological polar surface area (TPSA) is 173 Å². The summed E-state index contributed by atoms with van der Waals surface area (Å²) in [6.45, 7) is 1.15. The molecule has 1 aromatic carbocycles. The number of hydrogen-bond donors (Lipinski definition) is 4. The predicted molar refractivity (Wildman–Crippen MR) is 111 cm³/mol. The molecule has 174 valence electrons. The van der Waals surface area contributed by atoms with Gasteiger partial charge in [0.15, 0.2) is 18.0 Å². The van der Waals surface area contributed by atoms with Gasteiger partial charge in [-0.3, -0.25) is 14.4 Å². The monoisotopic (exact) mass is 457 g/mol. The lowest BCUT2D eigenvalue weighted by Crippen LogP contribution is -2.57. The van der Waals surface area contributed by atoms with E-state index in [4.69, 9.17) is 15.2 Å². The number of amides is 1. The van der Waals surface area contributed by atoms with Gasteiger partial charge in [-0.05, 0) is 37.3 Å². The largest absolute Gasteiger partial charge is 0.508 e. The molecule has 10 heteroatoms. The van der Waals surface area contributed by atoms with Gasteiger partial charge in [-0.15, -0.1) is 0 Å². The zero-order valence-corrected chi connectivity index (χ0v) is 17.8. The van der Waals surface area contributed by atoms with Crippen molar-refractivity contribution in [2.24, 2.45) is 17.6 Å². The number of carbonyl (C=O) groups excluding carboxylic acids is 4. The molecule has 3 aliphatic carbocycles. The summed E-state index contributed by atoms with van der Waals surface area (Å²) in [4.78, 5) is 50.1. The molecule has 33 heavy (non-hydrogen) atoms. The molecule has 3 aliphatic rings. The van der Waals surface area contributed by atoms with Crippen LogP contribution in [0.2, 0.25) is 0 Å². The van der Waals surface area contributed by atoms with E-state index in [2.05, 4.69) is 0 Å². The third kappa shape index (κ3) is 3.37. The number of phenolic OH excluding ortho intramolecular Hbond substituents is 1. The lowest BCUT2D eigenvalue weighted by molar-refractivity contribution is -0.150. The number of phenols is 1. The van der Waals surface area contributed by atoms with Gasteiger partial charge < -0.3 is 30.5 Å². The lowest BCUT2D eigenvalue weighted by Gasteiger charge is -2.46. The van der Waals surface area contributed by atoms with E-state index in [9.17, 15) is 34.5 Å². The first kappa shape index (κ1) is 22.5. The van der Waals surface area contributed by atoms with Crippen molar-refractivity contribution in [1.82, 2.24) is 0 Å². The molecular weight excluding hydrogens is 434 g/mol. The van der Waals surface area contributed by atoms with Gasteiger partial charge in [0.05, 0.1) is 12.2 Å². The summed E-state index contributed by atoms with van der Waals surface area (Å²) < 4.78 is 10.2. The van der Waals surface area contributed by atoms with Gasteiger partial charge in [0.2, 0.25) is 5.78 Å². The summed E-state index contributed by atoms with van der Waals surface area (Å²) in [6, 6.07) is 4.62. The maximum absolute atomic E-state index is 13.2. The minimum atomic E-state index is -2.56. The number of benzene rings is 1. The van der Waals surface area contributed by atoms with Crippen LogP contribution >= 0.6 is 0 Å². The molecule has 3 atom stereocenters. The average molecular weight is 457 g/mol. The van der Waals surface area contributed by atoms with Crippen LogP contribution in [0.1, 0.15) is 35.7 Å². The standard InChI is InChI=1S/C23H23NO9/c1-2-32-15(26)9-33-14-8-12-7-11-6-10-4-3-5-13(25)16(10)19(27)17(11)20(28)23(12,31)21(29)18(14)22(24)30/h3-5,11-12,25,28,31H,2,6-9H2,1H3,(H2,24,30)/t11?,12?,23-/m0/s1. The van der Waals surface area contributed by atoms with Gasteiger partial charge >= 0.3 is 5.97 Å². The van der Waals surface area contributed by atoms with Crippen molar-refractivity contribution in [2.75, 3.05) is 13.2 Å². The van der Waals surface area contributed by atoms with E-state index in [0.717, 1.165) is 0 Å². The maximum Gasteiger partial charge on any atom is 0.344 e. The maximum atomic E-state index is 13.2. The molecule has 0 saturated carbocycles. The number of esters is 1. The first-order valence-electron chi connectivity index (χ1n) is 10.5. The van der Waals surface area contributed by atoms with Crippen LogP contribution in [0.4, 0.5) is 0 Å². The molecule has 1 amide bonds. The van der Waals surface area contributed by atoms with E-state index < -0.39 is 58.8 Å². The number of rotatable bonds is 5. The average Bonchev–Trinajstić information content (AvgIpc) is 2.74. The molecule has 0 heterocycles. The van der Waals surface area contributed by atoms with E-state index >= 15 is 0 Å². The Balaban J connectivity index is 1.77. The van der Waals surface area contributed by atoms with Crippen LogP contribution in [0.15, 0.2) is 40.9 Å². The van der Waals surface area contributed by atoms with Gasteiger partial charge in [0, 0.05) is 17.9 Å². The Labute approximate surface area is 188 Å². The molecule has 0 fully saturated rings. The molecule has 1 aromatic rings. The minimum Gasteiger partial charge on any atom is -0.508 e. The predicted octanol–water partition coefficient (Wildman–Crippen LogP) is 0.602. The summed E-state index contributed by atoms with van der Waals surface area (Å²) in [5.74, 6) is -6.59. The van der Waals surface area contributed by atoms with Crippen molar-refractivity contribution in [1.29, 1.82) is 0 Å².